The van der Waals surface area contributed by atoms with Crippen molar-refractivity contribution in [3.8, 4) is 5.75 Å². The molecule has 110 valence electrons. The summed E-state index contributed by atoms with van der Waals surface area (Å²) in [6, 6.07) is 6.56. The molecule has 0 aliphatic carbocycles. The molecular weight excluding hydrogens is 250 g/mol. The number of hydrogen-bond acceptors (Lipinski definition) is 4. The van der Waals surface area contributed by atoms with Crippen molar-refractivity contribution >= 4 is 5.69 Å². The third-order valence-electron chi connectivity index (χ3n) is 4.26. The number of piperazine rings is 1. The Bertz CT molecular complexity index is 455. The van der Waals surface area contributed by atoms with Crippen LogP contribution in [-0.2, 0) is 6.42 Å². The maximum atomic E-state index is 5.81. The van der Waals surface area contributed by atoms with Crippen molar-refractivity contribution in [2.45, 2.75) is 19.4 Å². The Morgan fingerprint density at radius 1 is 1.25 bits per heavy atom. The van der Waals surface area contributed by atoms with Gasteiger partial charge in [0.15, 0.2) is 0 Å². The van der Waals surface area contributed by atoms with E-state index in [1.54, 1.807) is 0 Å². The number of ether oxygens (including phenoxy) is 1. The fraction of sp³-hybridized carbons (Fsp3) is 0.625. The highest BCUT2D eigenvalue weighted by molar-refractivity contribution is 5.59. The topological polar surface area (TPSA) is 27.7 Å². The van der Waals surface area contributed by atoms with E-state index < -0.39 is 0 Å². The van der Waals surface area contributed by atoms with Gasteiger partial charge in [-0.15, -0.1) is 0 Å². The molecule has 1 aromatic rings. The van der Waals surface area contributed by atoms with Crippen LogP contribution in [0.15, 0.2) is 18.2 Å². The molecule has 2 aliphatic heterocycles. The summed E-state index contributed by atoms with van der Waals surface area (Å²) in [7, 11) is 2.20. The Morgan fingerprint density at radius 3 is 2.85 bits per heavy atom. The molecule has 1 aromatic carbocycles. The molecule has 0 aromatic heterocycles. The van der Waals surface area contributed by atoms with Crippen LogP contribution in [0, 0.1) is 0 Å². The minimum atomic E-state index is 0.263. The Hall–Kier alpha value is -1.26. The maximum Gasteiger partial charge on any atom is 0.142 e. The first-order valence-electron chi connectivity index (χ1n) is 7.65. The van der Waals surface area contributed by atoms with E-state index in [4.69, 9.17) is 4.74 Å². The van der Waals surface area contributed by atoms with Crippen LogP contribution >= 0.6 is 0 Å². The first-order chi connectivity index (χ1) is 9.70. The van der Waals surface area contributed by atoms with E-state index >= 15 is 0 Å². The molecule has 3 rings (SSSR count). The van der Waals surface area contributed by atoms with Crippen molar-refractivity contribution in [1.82, 2.24) is 9.80 Å². The van der Waals surface area contributed by atoms with Gasteiger partial charge in [0, 0.05) is 32.7 Å². The lowest BCUT2D eigenvalue weighted by Gasteiger charge is -2.32. The number of rotatable bonds is 3. The summed E-state index contributed by atoms with van der Waals surface area (Å²) < 4.78 is 5.81. The Labute approximate surface area is 121 Å². The summed E-state index contributed by atoms with van der Waals surface area (Å²) in [5.74, 6) is 0.993. The van der Waals surface area contributed by atoms with Crippen molar-refractivity contribution in [3.05, 3.63) is 23.8 Å². The average Bonchev–Trinajstić information content (AvgIpc) is 2.46. The summed E-state index contributed by atoms with van der Waals surface area (Å²) in [6.07, 6.45) is 1.38. The van der Waals surface area contributed by atoms with Crippen molar-refractivity contribution < 1.29 is 4.74 Å². The zero-order chi connectivity index (χ0) is 13.9. The fourth-order valence-electron chi connectivity index (χ4n) is 2.84. The molecule has 2 aliphatic rings. The average molecular weight is 275 g/mol. The van der Waals surface area contributed by atoms with Gasteiger partial charge >= 0.3 is 0 Å². The van der Waals surface area contributed by atoms with Gasteiger partial charge < -0.3 is 19.9 Å². The van der Waals surface area contributed by atoms with Gasteiger partial charge in [0.25, 0.3) is 0 Å². The van der Waals surface area contributed by atoms with Crippen molar-refractivity contribution in [2.24, 2.45) is 0 Å². The summed E-state index contributed by atoms with van der Waals surface area (Å²) in [5.41, 5.74) is 2.55. The molecule has 1 fully saturated rings. The smallest absolute Gasteiger partial charge is 0.142 e. The van der Waals surface area contributed by atoms with Gasteiger partial charge in [-0.05, 0) is 38.1 Å². The van der Waals surface area contributed by atoms with E-state index in [1.165, 1.54) is 31.7 Å². The van der Waals surface area contributed by atoms with Gasteiger partial charge in [0.1, 0.15) is 11.9 Å². The molecule has 1 N–H and O–H groups in total. The Kier molecular flexibility index (Phi) is 4.13. The lowest BCUT2D eigenvalue weighted by Crippen LogP contribution is -2.45. The minimum absolute atomic E-state index is 0.263. The van der Waals surface area contributed by atoms with E-state index in [2.05, 4.69) is 47.3 Å². The Balaban J connectivity index is 1.56. The van der Waals surface area contributed by atoms with Crippen LogP contribution in [0.3, 0.4) is 0 Å². The lowest BCUT2D eigenvalue weighted by atomic mass is 10.1. The number of nitrogens with one attached hydrogen (secondary N) is 1. The van der Waals surface area contributed by atoms with Crippen LogP contribution in [0.25, 0.3) is 0 Å². The number of likely N-dealkylation sites (N-methyl/N-ethyl adjacent to an activating group) is 1. The molecule has 1 unspecified atom stereocenters. The van der Waals surface area contributed by atoms with Gasteiger partial charge in [-0.3, -0.25) is 0 Å². The van der Waals surface area contributed by atoms with Gasteiger partial charge in [-0.1, -0.05) is 6.07 Å². The zero-order valence-electron chi connectivity index (χ0n) is 12.6. The molecule has 0 bridgehead atoms. The van der Waals surface area contributed by atoms with E-state index in [9.17, 15) is 0 Å². The summed E-state index contributed by atoms with van der Waals surface area (Å²) >= 11 is 0. The van der Waals surface area contributed by atoms with Crippen molar-refractivity contribution in [3.63, 3.8) is 0 Å². The molecule has 1 atom stereocenters. The standard InChI is InChI=1S/C16H25N3O/c1-13-12-17-15-11-14(3-4-16(15)20-13)5-6-19-9-7-18(2)8-10-19/h3-4,11,13,17H,5-10,12H2,1-2H3. The molecule has 0 amide bonds. The molecule has 4 nitrogen and oxygen atoms in total. The van der Waals surface area contributed by atoms with E-state index in [-0.39, 0.29) is 6.10 Å². The second-order valence-electron chi connectivity index (χ2n) is 6.03. The second kappa shape index (κ2) is 6.02. The maximum absolute atomic E-state index is 5.81. The minimum Gasteiger partial charge on any atom is -0.487 e. The SMILES string of the molecule is CC1CNc2cc(CCN3CCN(C)CC3)ccc2O1. The zero-order valence-corrected chi connectivity index (χ0v) is 12.6. The fourth-order valence-corrected chi connectivity index (χ4v) is 2.84. The Morgan fingerprint density at radius 2 is 2.05 bits per heavy atom. The number of fused-ring (bicyclic) bond motifs is 1. The molecule has 0 spiro atoms. The van der Waals surface area contributed by atoms with Crippen molar-refractivity contribution in [2.75, 3.05) is 51.6 Å². The number of nitrogens with zero attached hydrogens (tertiary/aromatic N) is 2. The molecule has 4 heteroatoms. The largest absolute Gasteiger partial charge is 0.487 e. The number of hydrogen-bond donors (Lipinski definition) is 1. The molecule has 0 radical (unpaired) electrons. The summed E-state index contributed by atoms with van der Waals surface area (Å²) in [5, 5.41) is 3.45. The van der Waals surface area contributed by atoms with E-state index in [0.29, 0.717) is 0 Å². The predicted molar refractivity (Wildman–Crippen MR) is 82.7 cm³/mol. The molecule has 2 heterocycles. The van der Waals surface area contributed by atoms with Gasteiger partial charge in [-0.25, -0.2) is 0 Å². The van der Waals surface area contributed by atoms with E-state index in [1.807, 2.05) is 0 Å². The first kappa shape index (κ1) is 13.7. The van der Waals surface area contributed by atoms with Crippen molar-refractivity contribution in [1.29, 1.82) is 0 Å². The van der Waals surface area contributed by atoms with Gasteiger partial charge in [0.2, 0.25) is 0 Å². The quantitative estimate of drug-likeness (QED) is 0.908. The van der Waals surface area contributed by atoms with Crippen LogP contribution in [0.5, 0.6) is 5.75 Å². The number of benzene rings is 1. The van der Waals surface area contributed by atoms with Crippen LogP contribution < -0.4 is 10.1 Å². The molecule has 20 heavy (non-hydrogen) atoms. The second-order valence-corrected chi connectivity index (χ2v) is 6.03. The van der Waals surface area contributed by atoms with Crippen LogP contribution in [0.1, 0.15) is 12.5 Å². The molecule has 0 saturated carbocycles. The van der Waals surface area contributed by atoms with Gasteiger partial charge in [-0.2, -0.15) is 0 Å². The van der Waals surface area contributed by atoms with Crippen LogP contribution in [0.2, 0.25) is 0 Å². The molecular formula is C16H25N3O. The highest BCUT2D eigenvalue weighted by atomic mass is 16.5. The summed E-state index contributed by atoms with van der Waals surface area (Å²) in [4.78, 5) is 4.96. The highest BCUT2D eigenvalue weighted by Gasteiger charge is 2.16. The van der Waals surface area contributed by atoms with Gasteiger partial charge in [0.05, 0.1) is 12.2 Å². The van der Waals surface area contributed by atoms with E-state index in [0.717, 1.165) is 30.9 Å². The highest BCUT2D eigenvalue weighted by Crippen LogP contribution is 2.30. The normalized spacial score (nSPS) is 23.8. The third kappa shape index (κ3) is 3.25. The molecule has 1 saturated heterocycles. The predicted octanol–water partition coefficient (Wildman–Crippen LogP) is 1.67. The first-order valence-corrected chi connectivity index (χ1v) is 7.65. The van der Waals surface area contributed by atoms with Crippen LogP contribution in [0.4, 0.5) is 5.69 Å². The number of anilines is 1. The summed E-state index contributed by atoms with van der Waals surface area (Å²) in [6.45, 7) is 8.92. The lowest BCUT2D eigenvalue weighted by molar-refractivity contribution is 0.155. The third-order valence-corrected chi connectivity index (χ3v) is 4.26. The van der Waals surface area contributed by atoms with Crippen LogP contribution in [-0.4, -0.2) is 62.2 Å². The monoisotopic (exact) mass is 275 g/mol.